The second-order valence-electron chi connectivity index (χ2n) is 7.20. The van der Waals surface area contributed by atoms with Gasteiger partial charge in [-0.15, -0.1) is 0 Å². The molecule has 0 amide bonds. The molecule has 0 saturated heterocycles. The molecule has 0 radical (unpaired) electrons. The van der Waals surface area contributed by atoms with Crippen molar-refractivity contribution in [1.29, 1.82) is 0 Å². The Morgan fingerprint density at radius 2 is 1.80 bits per heavy atom. The average Bonchev–Trinajstić information content (AvgIpc) is 2.61. The Bertz CT molecular complexity index is 723. The van der Waals surface area contributed by atoms with Crippen molar-refractivity contribution in [1.82, 2.24) is 4.90 Å². The monoisotopic (exact) mass is 355 g/mol. The van der Waals surface area contributed by atoms with Crippen molar-refractivity contribution in [3.05, 3.63) is 76.3 Å². The fourth-order valence-electron chi connectivity index (χ4n) is 3.92. The van der Waals surface area contributed by atoms with Crippen LogP contribution in [0.2, 0.25) is 5.02 Å². The van der Waals surface area contributed by atoms with Crippen molar-refractivity contribution >= 4 is 17.7 Å². The van der Waals surface area contributed by atoms with E-state index in [9.17, 15) is 5.11 Å². The first-order valence-electron chi connectivity index (χ1n) is 8.89. The molecular formula is C22H26ClNO. The molecule has 132 valence electrons. The smallest absolute Gasteiger partial charge is 0.115 e. The second kappa shape index (κ2) is 7.74. The lowest BCUT2D eigenvalue weighted by Crippen LogP contribution is -2.44. The van der Waals surface area contributed by atoms with Gasteiger partial charge in [-0.2, -0.15) is 0 Å². The number of hydrogen-bond donors (Lipinski definition) is 1. The zero-order valence-corrected chi connectivity index (χ0v) is 15.7. The third-order valence-corrected chi connectivity index (χ3v) is 5.34. The van der Waals surface area contributed by atoms with Crippen LogP contribution in [0.15, 0.2) is 60.2 Å². The lowest BCUT2D eigenvalue weighted by Gasteiger charge is -2.44. The fourth-order valence-corrected chi connectivity index (χ4v) is 4.05. The highest BCUT2D eigenvalue weighted by atomic mass is 35.5. The Morgan fingerprint density at radius 3 is 2.44 bits per heavy atom. The highest BCUT2D eigenvalue weighted by molar-refractivity contribution is 6.30. The van der Waals surface area contributed by atoms with Crippen molar-refractivity contribution in [2.45, 2.75) is 24.9 Å². The minimum Gasteiger partial charge on any atom is -0.380 e. The van der Waals surface area contributed by atoms with Gasteiger partial charge in [0, 0.05) is 17.5 Å². The van der Waals surface area contributed by atoms with E-state index in [4.69, 9.17) is 11.6 Å². The highest BCUT2D eigenvalue weighted by Crippen LogP contribution is 2.46. The Labute approximate surface area is 155 Å². The van der Waals surface area contributed by atoms with E-state index in [0.717, 1.165) is 47.5 Å². The Kier molecular flexibility index (Phi) is 5.63. The number of aliphatic hydroxyl groups is 1. The van der Waals surface area contributed by atoms with Crippen molar-refractivity contribution in [2.75, 3.05) is 20.6 Å². The second-order valence-corrected chi connectivity index (χ2v) is 7.64. The first-order valence-corrected chi connectivity index (χ1v) is 9.27. The first kappa shape index (κ1) is 18.2. The van der Waals surface area contributed by atoms with E-state index in [1.54, 1.807) is 0 Å². The van der Waals surface area contributed by atoms with E-state index in [-0.39, 0.29) is 5.92 Å². The summed E-state index contributed by atoms with van der Waals surface area (Å²) in [7, 11) is 4.14. The van der Waals surface area contributed by atoms with Crippen LogP contribution >= 0.6 is 11.6 Å². The fraction of sp³-hybridized carbons (Fsp3) is 0.364. The lowest BCUT2D eigenvalue weighted by molar-refractivity contribution is -0.0174. The van der Waals surface area contributed by atoms with Gasteiger partial charge in [-0.05, 0) is 62.2 Å². The van der Waals surface area contributed by atoms with Crippen LogP contribution in [0.4, 0.5) is 0 Å². The largest absolute Gasteiger partial charge is 0.380 e. The normalized spacial score (nSPS) is 25.5. The topological polar surface area (TPSA) is 23.5 Å². The molecule has 0 aromatic heterocycles. The van der Waals surface area contributed by atoms with Crippen molar-refractivity contribution < 1.29 is 5.11 Å². The first-order chi connectivity index (χ1) is 12.0. The molecule has 3 rings (SSSR count). The molecule has 0 bridgehead atoms. The molecule has 2 atom stereocenters. The Morgan fingerprint density at radius 1 is 1.12 bits per heavy atom. The molecule has 2 nitrogen and oxygen atoms in total. The van der Waals surface area contributed by atoms with E-state index in [1.807, 2.05) is 54.6 Å². The molecule has 2 aromatic carbocycles. The molecule has 1 saturated carbocycles. The maximum Gasteiger partial charge on any atom is 0.115 e. The van der Waals surface area contributed by atoms with Crippen LogP contribution in [0.25, 0.3) is 6.08 Å². The number of nitrogens with zero attached hydrogens (tertiary/aromatic N) is 1. The van der Waals surface area contributed by atoms with Gasteiger partial charge in [0.25, 0.3) is 0 Å². The Hall–Kier alpha value is -1.61. The third-order valence-electron chi connectivity index (χ3n) is 5.09. The quantitative estimate of drug-likeness (QED) is 0.836. The standard InChI is InChI=1S/C22H26ClNO/c1-24(2)16-20-10-6-9-19(15-17-11-13-21(23)14-12-17)22(20,25)18-7-4-3-5-8-18/h3-5,7-8,11-15,20,25H,6,9-10,16H2,1-2H3/b19-15-. The van der Waals surface area contributed by atoms with Gasteiger partial charge in [0.1, 0.15) is 5.60 Å². The number of benzene rings is 2. The molecule has 25 heavy (non-hydrogen) atoms. The van der Waals surface area contributed by atoms with E-state index in [2.05, 4.69) is 25.1 Å². The van der Waals surface area contributed by atoms with Crippen LogP contribution in [0.1, 0.15) is 30.4 Å². The lowest BCUT2D eigenvalue weighted by atomic mass is 9.67. The minimum absolute atomic E-state index is 0.178. The van der Waals surface area contributed by atoms with Crippen LogP contribution in [-0.4, -0.2) is 30.6 Å². The van der Waals surface area contributed by atoms with Crippen LogP contribution in [-0.2, 0) is 5.60 Å². The molecule has 1 N–H and O–H groups in total. The summed E-state index contributed by atoms with van der Waals surface area (Å²) in [5.74, 6) is 0.178. The average molecular weight is 356 g/mol. The summed E-state index contributed by atoms with van der Waals surface area (Å²) in [6, 6.07) is 17.9. The van der Waals surface area contributed by atoms with E-state index < -0.39 is 5.60 Å². The summed E-state index contributed by atoms with van der Waals surface area (Å²) in [4.78, 5) is 2.17. The summed E-state index contributed by atoms with van der Waals surface area (Å²) in [6.07, 6.45) is 5.19. The third kappa shape index (κ3) is 3.98. The molecule has 1 aliphatic rings. The molecular weight excluding hydrogens is 330 g/mol. The number of halogens is 1. The molecule has 3 heteroatoms. The van der Waals surface area contributed by atoms with E-state index in [1.165, 1.54) is 0 Å². The maximum absolute atomic E-state index is 11.9. The Balaban J connectivity index is 2.06. The summed E-state index contributed by atoms with van der Waals surface area (Å²) >= 11 is 6.01. The van der Waals surface area contributed by atoms with E-state index in [0.29, 0.717) is 0 Å². The summed E-state index contributed by atoms with van der Waals surface area (Å²) in [5.41, 5.74) is 2.24. The van der Waals surface area contributed by atoms with Gasteiger partial charge in [0.2, 0.25) is 0 Å². The molecule has 1 aliphatic carbocycles. The number of hydrogen-bond acceptors (Lipinski definition) is 2. The van der Waals surface area contributed by atoms with Gasteiger partial charge in [0.05, 0.1) is 0 Å². The SMILES string of the molecule is CN(C)CC1CCC/C(=C/c2ccc(Cl)cc2)C1(O)c1ccccc1. The van der Waals surface area contributed by atoms with Gasteiger partial charge in [-0.3, -0.25) is 0 Å². The molecule has 0 spiro atoms. The van der Waals surface area contributed by atoms with Gasteiger partial charge >= 0.3 is 0 Å². The van der Waals surface area contributed by atoms with Gasteiger partial charge in [0.15, 0.2) is 0 Å². The van der Waals surface area contributed by atoms with E-state index >= 15 is 0 Å². The zero-order chi connectivity index (χ0) is 17.9. The van der Waals surface area contributed by atoms with Crippen molar-refractivity contribution in [2.24, 2.45) is 5.92 Å². The maximum atomic E-state index is 11.9. The predicted octanol–water partition coefficient (Wildman–Crippen LogP) is 4.97. The molecule has 0 aliphatic heterocycles. The zero-order valence-electron chi connectivity index (χ0n) is 15.0. The van der Waals surface area contributed by atoms with Gasteiger partial charge in [-0.25, -0.2) is 0 Å². The van der Waals surface area contributed by atoms with Crippen LogP contribution in [0.3, 0.4) is 0 Å². The van der Waals surface area contributed by atoms with Crippen molar-refractivity contribution in [3.8, 4) is 0 Å². The molecule has 0 heterocycles. The predicted molar refractivity (Wildman–Crippen MR) is 106 cm³/mol. The number of rotatable bonds is 4. The molecule has 2 aromatic rings. The summed E-state index contributed by atoms with van der Waals surface area (Å²) < 4.78 is 0. The molecule has 1 fully saturated rings. The molecule has 2 unspecified atom stereocenters. The van der Waals surface area contributed by atoms with Crippen LogP contribution in [0.5, 0.6) is 0 Å². The van der Waals surface area contributed by atoms with Crippen LogP contribution < -0.4 is 0 Å². The minimum atomic E-state index is -0.927. The van der Waals surface area contributed by atoms with Gasteiger partial charge < -0.3 is 10.0 Å². The highest BCUT2D eigenvalue weighted by Gasteiger charge is 2.43. The summed E-state index contributed by atoms with van der Waals surface area (Å²) in [5, 5.41) is 12.6. The van der Waals surface area contributed by atoms with Crippen molar-refractivity contribution in [3.63, 3.8) is 0 Å². The van der Waals surface area contributed by atoms with Gasteiger partial charge in [-0.1, -0.05) is 60.1 Å². The summed E-state index contributed by atoms with van der Waals surface area (Å²) in [6.45, 7) is 0.864. The van der Waals surface area contributed by atoms with Crippen LogP contribution in [0, 0.1) is 5.92 Å².